The molecule has 0 aliphatic heterocycles. The summed E-state index contributed by atoms with van der Waals surface area (Å²) in [6, 6.07) is 2.67. The van der Waals surface area contributed by atoms with Crippen LogP contribution in [0.3, 0.4) is 0 Å². The molecule has 0 aromatic heterocycles. The van der Waals surface area contributed by atoms with Crippen molar-refractivity contribution in [2.45, 2.75) is 52.1 Å². The van der Waals surface area contributed by atoms with E-state index in [9.17, 15) is 13.9 Å². The molecule has 1 aromatic carbocycles. The third-order valence-corrected chi connectivity index (χ3v) is 4.46. The molecule has 2 unspecified atom stereocenters. The van der Waals surface area contributed by atoms with Gasteiger partial charge in [-0.3, -0.25) is 0 Å². The second-order valence-electron chi connectivity index (χ2n) is 6.19. The highest BCUT2D eigenvalue weighted by molar-refractivity contribution is 5.32. The first kappa shape index (κ1) is 14.4. The van der Waals surface area contributed by atoms with Gasteiger partial charge in [0, 0.05) is 0 Å². The smallest absolute Gasteiger partial charge is 0.135 e. The van der Waals surface area contributed by atoms with Crippen molar-refractivity contribution in [3.05, 3.63) is 34.9 Å². The Labute approximate surface area is 113 Å². The molecule has 0 saturated heterocycles. The Hall–Kier alpha value is -0.960. The van der Waals surface area contributed by atoms with E-state index in [1.807, 2.05) is 0 Å². The highest BCUT2D eigenvalue weighted by Crippen LogP contribution is 2.44. The van der Waals surface area contributed by atoms with Gasteiger partial charge in [-0.05, 0) is 56.1 Å². The molecule has 1 N–H and O–H groups in total. The molecule has 0 heterocycles. The van der Waals surface area contributed by atoms with Gasteiger partial charge in [-0.2, -0.15) is 0 Å². The molecule has 1 saturated carbocycles. The first-order chi connectivity index (χ1) is 8.85. The van der Waals surface area contributed by atoms with Crippen LogP contribution in [-0.2, 0) is 5.60 Å². The van der Waals surface area contributed by atoms with Crippen LogP contribution in [0.2, 0.25) is 0 Å². The van der Waals surface area contributed by atoms with Gasteiger partial charge in [0.1, 0.15) is 11.6 Å². The van der Waals surface area contributed by atoms with E-state index in [2.05, 4.69) is 13.8 Å². The van der Waals surface area contributed by atoms with Crippen LogP contribution in [0.15, 0.2) is 12.1 Å². The van der Waals surface area contributed by atoms with Gasteiger partial charge in [0.25, 0.3) is 0 Å². The van der Waals surface area contributed by atoms with Gasteiger partial charge in [-0.1, -0.05) is 19.9 Å². The third-order valence-electron chi connectivity index (χ3n) is 4.46. The molecular formula is C16H22F2O. The van der Waals surface area contributed by atoms with E-state index in [1.165, 1.54) is 12.1 Å². The quantitative estimate of drug-likeness (QED) is 0.847. The molecule has 0 spiro atoms. The van der Waals surface area contributed by atoms with Gasteiger partial charge in [0.15, 0.2) is 0 Å². The van der Waals surface area contributed by atoms with Crippen LogP contribution in [-0.4, -0.2) is 5.11 Å². The molecule has 19 heavy (non-hydrogen) atoms. The van der Waals surface area contributed by atoms with Crippen LogP contribution >= 0.6 is 0 Å². The maximum atomic E-state index is 14.2. The Bertz CT molecular complexity index is 470. The SMILES string of the molecule is Cc1ccc(F)c(C2(O)CCCC(C(C)C)C2)c1F. The van der Waals surface area contributed by atoms with Crippen molar-refractivity contribution in [1.82, 2.24) is 0 Å². The van der Waals surface area contributed by atoms with Crippen LogP contribution in [0.4, 0.5) is 8.78 Å². The molecule has 1 aliphatic carbocycles. The number of aliphatic hydroxyl groups is 1. The van der Waals surface area contributed by atoms with E-state index >= 15 is 0 Å². The molecule has 3 heteroatoms. The summed E-state index contributed by atoms with van der Waals surface area (Å²) < 4.78 is 28.2. The first-order valence-corrected chi connectivity index (χ1v) is 7.02. The van der Waals surface area contributed by atoms with E-state index in [-0.39, 0.29) is 5.56 Å². The number of hydrogen-bond donors (Lipinski definition) is 1. The van der Waals surface area contributed by atoms with Gasteiger partial charge in [0.05, 0.1) is 11.2 Å². The zero-order valence-electron chi connectivity index (χ0n) is 11.8. The Morgan fingerprint density at radius 3 is 2.63 bits per heavy atom. The van der Waals surface area contributed by atoms with E-state index in [0.29, 0.717) is 30.2 Å². The van der Waals surface area contributed by atoms with Crippen LogP contribution in [0.5, 0.6) is 0 Å². The minimum Gasteiger partial charge on any atom is -0.385 e. The maximum absolute atomic E-state index is 14.2. The number of aryl methyl sites for hydroxylation is 1. The Morgan fingerprint density at radius 1 is 1.32 bits per heavy atom. The third kappa shape index (κ3) is 2.66. The molecule has 0 bridgehead atoms. The summed E-state index contributed by atoms with van der Waals surface area (Å²) in [5.41, 5.74) is -1.10. The topological polar surface area (TPSA) is 20.2 Å². The molecule has 1 aliphatic rings. The minimum absolute atomic E-state index is 0.127. The van der Waals surface area contributed by atoms with E-state index in [0.717, 1.165) is 12.8 Å². The maximum Gasteiger partial charge on any atom is 0.135 e. The summed E-state index contributed by atoms with van der Waals surface area (Å²) in [4.78, 5) is 0. The van der Waals surface area contributed by atoms with E-state index < -0.39 is 17.2 Å². The molecule has 2 atom stereocenters. The largest absolute Gasteiger partial charge is 0.385 e. The van der Waals surface area contributed by atoms with Crippen LogP contribution in [0.25, 0.3) is 0 Å². The summed E-state index contributed by atoms with van der Waals surface area (Å²) >= 11 is 0. The zero-order valence-corrected chi connectivity index (χ0v) is 11.8. The molecule has 106 valence electrons. The summed E-state index contributed by atoms with van der Waals surface area (Å²) in [5.74, 6) is -0.484. The van der Waals surface area contributed by atoms with Crippen molar-refractivity contribution in [3.8, 4) is 0 Å². The van der Waals surface area contributed by atoms with Gasteiger partial charge in [-0.25, -0.2) is 8.78 Å². The number of halogens is 2. The highest BCUT2D eigenvalue weighted by atomic mass is 19.1. The van der Waals surface area contributed by atoms with E-state index in [4.69, 9.17) is 0 Å². The average molecular weight is 268 g/mol. The molecule has 2 rings (SSSR count). The fraction of sp³-hybridized carbons (Fsp3) is 0.625. The molecule has 1 fully saturated rings. The number of rotatable bonds is 2. The van der Waals surface area contributed by atoms with Gasteiger partial charge >= 0.3 is 0 Å². The highest BCUT2D eigenvalue weighted by Gasteiger charge is 2.40. The second-order valence-corrected chi connectivity index (χ2v) is 6.19. The molecule has 1 aromatic rings. The predicted molar refractivity (Wildman–Crippen MR) is 71.8 cm³/mol. The Morgan fingerprint density at radius 2 is 2.00 bits per heavy atom. The summed E-state index contributed by atoms with van der Waals surface area (Å²) in [7, 11) is 0. The van der Waals surface area contributed by atoms with Crippen molar-refractivity contribution < 1.29 is 13.9 Å². The number of hydrogen-bond acceptors (Lipinski definition) is 1. The van der Waals surface area contributed by atoms with Crippen molar-refractivity contribution in [3.63, 3.8) is 0 Å². The lowest BCUT2D eigenvalue weighted by Crippen LogP contribution is -2.36. The Kier molecular flexibility index (Phi) is 3.95. The molecule has 0 radical (unpaired) electrons. The lowest BCUT2D eigenvalue weighted by atomic mass is 9.70. The normalized spacial score (nSPS) is 27.8. The van der Waals surface area contributed by atoms with Gasteiger partial charge in [-0.15, -0.1) is 0 Å². The molecule has 1 nitrogen and oxygen atoms in total. The van der Waals surface area contributed by atoms with Crippen molar-refractivity contribution in [2.75, 3.05) is 0 Å². The van der Waals surface area contributed by atoms with Crippen LogP contribution < -0.4 is 0 Å². The van der Waals surface area contributed by atoms with Crippen LogP contribution in [0, 0.1) is 30.4 Å². The summed E-state index contributed by atoms with van der Waals surface area (Å²) in [5, 5.41) is 10.8. The predicted octanol–water partition coefficient (Wildman–Crippen LogP) is 4.31. The van der Waals surface area contributed by atoms with Crippen molar-refractivity contribution in [2.24, 2.45) is 11.8 Å². The van der Waals surface area contributed by atoms with E-state index in [1.54, 1.807) is 6.92 Å². The second kappa shape index (κ2) is 5.20. The number of benzene rings is 1. The lowest BCUT2D eigenvalue weighted by molar-refractivity contribution is -0.0350. The monoisotopic (exact) mass is 268 g/mol. The Balaban J connectivity index is 2.42. The minimum atomic E-state index is -1.35. The zero-order chi connectivity index (χ0) is 14.2. The summed E-state index contributed by atoms with van der Waals surface area (Å²) in [6.07, 6.45) is 2.72. The summed E-state index contributed by atoms with van der Waals surface area (Å²) in [6.45, 7) is 5.79. The standard InChI is InChI=1S/C16H22F2O/c1-10(2)12-5-4-8-16(19,9-12)14-13(17)7-6-11(3)15(14)18/h6-7,10,12,19H,4-5,8-9H2,1-3H3. The van der Waals surface area contributed by atoms with Crippen LogP contribution in [0.1, 0.15) is 50.7 Å². The fourth-order valence-electron chi connectivity index (χ4n) is 3.17. The van der Waals surface area contributed by atoms with Crippen molar-refractivity contribution >= 4 is 0 Å². The fourth-order valence-corrected chi connectivity index (χ4v) is 3.17. The van der Waals surface area contributed by atoms with Crippen molar-refractivity contribution in [1.29, 1.82) is 0 Å². The first-order valence-electron chi connectivity index (χ1n) is 7.02. The van der Waals surface area contributed by atoms with Gasteiger partial charge in [0.2, 0.25) is 0 Å². The lowest BCUT2D eigenvalue weighted by Gasteiger charge is -2.39. The molecule has 0 amide bonds. The average Bonchev–Trinajstić information content (AvgIpc) is 2.34. The molecular weight excluding hydrogens is 246 g/mol. The van der Waals surface area contributed by atoms with Gasteiger partial charge < -0.3 is 5.11 Å².